The summed E-state index contributed by atoms with van der Waals surface area (Å²) in [5.74, 6) is 0. The fourth-order valence-electron chi connectivity index (χ4n) is 6.42. The van der Waals surface area contributed by atoms with Crippen LogP contribution < -0.4 is 0 Å². The van der Waals surface area contributed by atoms with Crippen molar-refractivity contribution >= 4 is 31.5 Å². The van der Waals surface area contributed by atoms with Gasteiger partial charge in [-0.15, -0.1) is 11.3 Å². The van der Waals surface area contributed by atoms with E-state index in [1.54, 1.807) is 0 Å². The summed E-state index contributed by atoms with van der Waals surface area (Å²) in [4.78, 5) is 0. The Labute approximate surface area is 268 Å². The van der Waals surface area contributed by atoms with Crippen LogP contribution in [0.2, 0.25) is 0 Å². The molecule has 0 N–H and O–H groups in total. The van der Waals surface area contributed by atoms with E-state index in [2.05, 4.69) is 171 Å². The van der Waals surface area contributed by atoms with Crippen molar-refractivity contribution < 1.29 is 0 Å². The Hall–Kier alpha value is -5.24. The largest absolute Gasteiger partial charge is 0.135 e. The maximum atomic E-state index is 2.41. The summed E-state index contributed by atoms with van der Waals surface area (Å²) in [5, 5.41) is 2.63. The van der Waals surface area contributed by atoms with Gasteiger partial charge in [0.25, 0.3) is 0 Å². The summed E-state index contributed by atoms with van der Waals surface area (Å²) in [6, 6.07) is 60.0. The number of rotatable bonds is 6. The molecule has 45 heavy (non-hydrogen) atoms. The predicted octanol–water partition coefficient (Wildman–Crippen LogP) is 13.0. The molecule has 0 radical (unpaired) electrons. The summed E-state index contributed by atoms with van der Waals surface area (Å²) in [6.45, 7) is 2.23. The van der Waals surface area contributed by atoms with Gasteiger partial charge in [-0.1, -0.05) is 134 Å². The number of fused-ring (bicyclic) bond motifs is 3. The van der Waals surface area contributed by atoms with E-state index in [-0.39, 0.29) is 0 Å². The van der Waals surface area contributed by atoms with E-state index in [0.29, 0.717) is 0 Å². The Bertz CT molecular complexity index is 2290. The molecule has 0 aliphatic carbocycles. The fourth-order valence-corrected chi connectivity index (χ4v) is 7.62. The van der Waals surface area contributed by atoms with Gasteiger partial charge < -0.3 is 0 Å². The highest BCUT2D eigenvalue weighted by atomic mass is 32.1. The zero-order valence-corrected chi connectivity index (χ0v) is 26.0. The van der Waals surface area contributed by atoms with Gasteiger partial charge in [0, 0.05) is 25.7 Å². The minimum Gasteiger partial charge on any atom is -0.135 e. The van der Waals surface area contributed by atoms with Gasteiger partial charge in [-0.05, 0) is 98.5 Å². The average Bonchev–Trinajstić information content (AvgIpc) is 3.50. The molecule has 0 aliphatic rings. The molecule has 1 heterocycles. The topological polar surface area (TPSA) is 0 Å². The van der Waals surface area contributed by atoms with E-state index in [4.69, 9.17) is 0 Å². The first-order valence-electron chi connectivity index (χ1n) is 15.6. The molecule has 1 heteroatoms. The molecule has 0 saturated heterocycles. The normalized spacial score (nSPS) is 11.3. The lowest BCUT2D eigenvalue weighted by molar-refractivity contribution is 1.14. The van der Waals surface area contributed by atoms with Gasteiger partial charge >= 0.3 is 0 Å². The first-order valence-corrected chi connectivity index (χ1v) is 16.5. The summed E-state index contributed by atoms with van der Waals surface area (Å²) in [5.41, 5.74) is 13.8. The van der Waals surface area contributed by atoms with Crippen LogP contribution in [0.25, 0.3) is 75.8 Å². The third kappa shape index (κ3) is 5.26. The molecule has 0 bridgehead atoms. The highest BCUT2D eigenvalue weighted by molar-refractivity contribution is 7.26. The number of thiophene rings is 1. The van der Waals surface area contributed by atoms with E-state index in [9.17, 15) is 0 Å². The lowest BCUT2D eigenvalue weighted by Gasteiger charge is -2.11. The van der Waals surface area contributed by atoms with Crippen molar-refractivity contribution in [2.75, 3.05) is 0 Å². The summed E-state index contributed by atoms with van der Waals surface area (Å²) in [6.07, 6.45) is 1.02. The van der Waals surface area contributed by atoms with Gasteiger partial charge in [-0.3, -0.25) is 0 Å². The minimum atomic E-state index is 1.02. The second-order valence-corrected chi connectivity index (χ2v) is 12.7. The van der Waals surface area contributed by atoms with Crippen molar-refractivity contribution in [3.8, 4) is 55.6 Å². The molecular weight excluding hydrogens is 561 g/mol. The Morgan fingerprint density at radius 1 is 0.378 bits per heavy atom. The lowest BCUT2D eigenvalue weighted by atomic mass is 9.93. The van der Waals surface area contributed by atoms with Crippen LogP contribution in [0.15, 0.2) is 164 Å². The van der Waals surface area contributed by atoms with E-state index >= 15 is 0 Å². The van der Waals surface area contributed by atoms with Crippen molar-refractivity contribution in [1.82, 2.24) is 0 Å². The number of aryl methyl sites for hydroxylation is 1. The smallest absolute Gasteiger partial charge is 0.0434 e. The summed E-state index contributed by atoms with van der Waals surface area (Å²) in [7, 11) is 0. The van der Waals surface area contributed by atoms with Crippen LogP contribution in [-0.2, 0) is 6.42 Å². The van der Waals surface area contributed by atoms with Crippen LogP contribution >= 0.6 is 11.3 Å². The number of hydrogen-bond donors (Lipinski definition) is 0. The van der Waals surface area contributed by atoms with Gasteiger partial charge in [0.2, 0.25) is 0 Å². The first kappa shape index (κ1) is 27.3. The lowest BCUT2D eigenvalue weighted by Crippen LogP contribution is -1.86. The molecule has 1 aromatic heterocycles. The predicted molar refractivity (Wildman–Crippen MR) is 196 cm³/mol. The quantitative estimate of drug-likeness (QED) is 0.180. The van der Waals surface area contributed by atoms with Gasteiger partial charge in [0.05, 0.1) is 0 Å². The van der Waals surface area contributed by atoms with Crippen molar-refractivity contribution in [2.45, 2.75) is 13.3 Å². The van der Waals surface area contributed by atoms with E-state index in [1.807, 2.05) is 11.3 Å². The van der Waals surface area contributed by atoms with Gasteiger partial charge in [-0.25, -0.2) is 0 Å². The Morgan fingerprint density at radius 2 is 0.889 bits per heavy atom. The standard InChI is InChI=1S/C44H32S/c1-2-30-12-9-21-38(24-30)40-28-39(36-20-11-18-34(26-36)32-15-7-4-8-16-32)29-42-41-27-37(22-23-43(41)45-44(40)42)35-19-10-17-33(25-35)31-13-5-3-6-14-31/h3-29H,2H2,1H3. The number of benzene rings is 7. The van der Waals surface area contributed by atoms with E-state index in [0.717, 1.165) is 6.42 Å². The second-order valence-electron chi connectivity index (χ2n) is 11.7. The van der Waals surface area contributed by atoms with Gasteiger partial charge in [-0.2, -0.15) is 0 Å². The molecule has 0 spiro atoms. The zero-order chi connectivity index (χ0) is 30.2. The summed E-state index contributed by atoms with van der Waals surface area (Å²) >= 11 is 1.90. The molecule has 0 fully saturated rings. The Kier molecular flexibility index (Phi) is 7.10. The van der Waals surface area contributed by atoms with Crippen LogP contribution in [0.5, 0.6) is 0 Å². The molecule has 7 aromatic carbocycles. The molecule has 0 atom stereocenters. The molecule has 0 aliphatic heterocycles. The molecular formula is C44H32S. The molecule has 214 valence electrons. The minimum absolute atomic E-state index is 1.02. The molecule has 0 saturated carbocycles. The van der Waals surface area contributed by atoms with Crippen molar-refractivity contribution in [1.29, 1.82) is 0 Å². The van der Waals surface area contributed by atoms with Crippen LogP contribution in [-0.4, -0.2) is 0 Å². The van der Waals surface area contributed by atoms with Crippen LogP contribution in [0.1, 0.15) is 12.5 Å². The summed E-state index contributed by atoms with van der Waals surface area (Å²) < 4.78 is 2.66. The Balaban J connectivity index is 1.33. The molecule has 0 amide bonds. The fraction of sp³-hybridized carbons (Fsp3) is 0.0455. The van der Waals surface area contributed by atoms with Crippen molar-refractivity contribution in [3.05, 3.63) is 169 Å². The monoisotopic (exact) mass is 592 g/mol. The SMILES string of the molecule is CCc1cccc(-c2cc(-c3cccc(-c4ccccc4)c3)cc3c2sc2ccc(-c4cccc(-c5ccccc5)c4)cc23)c1. The average molecular weight is 593 g/mol. The molecule has 0 unspecified atom stereocenters. The van der Waals surface area contributed by atoms with Crippen LogP contribution in [0.3, 0.4) is 0 Å². The number of hydrogen-bond acceptors (Lipinski definition) is 1. The third-order valence-corrected chi connectivity index (χ3v) is 10.0. The maximum absolute atomic E-state index is 2.41. The first-order chi connectivity index (χ1) is 22.2. The third-order valence-electron chi connectivity index (χ3n) is 8.82. The molecule has 8 rings (SSSR count). The highest BCUT2D eigenvalue weighted by Crippen LogP contribution is 2.44. The van der Waals surface area contributed by atoms with E-state index < -0.39 is 0 Å². The van der Waals surface area contributed by atoms with Gasteiger partial charge in [0.1, 0.15) is 0 Å². The Morgan fingerprint density at radius 3 is 1.53 bits per heavy atom. The van der Waals surface area contributed by atoms with Crippen molar-refractivity contribution in [3.63, 3.8) is 0 Å². The van der Waals surface area contributed by atoms with Gasteiger partial charge in [0.15, 0.2) is 0 Å². The maximum Gasteiger partial charge on any atom is 0.0434 e. The molecule has 8 aromatic rings. The highest BCUT2D eigenvalue weighted by Gasteiger charge is 2.15. The molecule has 0 nitrogen and oxygen atoms in total. The van der Waals surface area contributed by atoms with Crippen molar-refractivity contribution in [2.24, 2.45) is 0 Å². The van der Waals surface area contributed by atoms with Crippen LogP contribution in [0.4, 0.5) is 0 Å². The zero-order valence-electron chi connectivity index (χ0n) is 25.2. The second kappa shape index (κ2) is 11.7. The van der Waals surface area contributed by atoms with Crippen LogP contribution in [0, 0.1) is 0 Å². The van der Waals surface area contributed by atoms with E-state index in [1.165, 1.54) is 81.4 Å².